The number of aryl methyl sites for hydroxylation is 1. The number of anilines is 1. The van der Waals surface area contributed by atoms with Gasteiger partial charge in [-0.25, -0.2) is 9.97 Å². The van der Waals surface area contributed by atoms with Crippen molar-refractivity contribution in [2.45, 2.75) is 65.7 Å². The molecule has 4 rings (SSSR count). The molecular weight excluding hydrogens is 474 g/mol. The minimum atomic E-state index is -0.0953. The predicted molar refractivity (Wildman–Crippen MR) is 153 cm³/mol. The summed E-state index contributed by atoms with van der Waals surface area (Å²) in [5, 5.41) is 8.43. The van der Waals surface area contributed by atoms with Crippen LogP contribution < -0.4 is 5.73 Å². The molecule has 7 heteroatoms. The number of hydrogen-bond acceptors (Lipinski definition) is 6. The fraction of sp³-hybridized carbons (Fsp3) is 0.419. The van der Waals surface area contributed by atoms with Crippen molar-refractivity contribution in [2.75, 3.05) is 25.4 Å². The number of carbonyl (C=O) groups excluding carboxylic acids is 1. The molecular formula is C31H39N5O2. The third-order valence-electron chi connectivity index (χ3n) is 7.32. The van der Waals surface area contributed by atoms with E-state index in [1.807, 2.05) is 30.0 Å². The first-order chi connectivity index (χ1) is 18.4. The van der Waals surface area contributed by atoms with Gasteiger partial charge in [0, 0.05) is 24.2 Å². The molecule has 3 N–H and O–H groups in total. The van der Waals surface area contributed by atoms with Crippen LogP contribution >= 0.6 is 0 Å². The van der Waals surface area contributed by atoms with Crippen molar-refractivity contribution < 1.29 is 9.53 Å². The van der Waals surface area contributed by atoms with Gasteiger partial charge in [-0.05, 0) is 74.3 Å². The third-order valence-corrected chi connectivity index (χ3v) is 7.32. The third kappa shape index (κ3) is 6.39. The van der Waals surface area contributed by atoms with E-state index in [1.165, 1.54) is 17.6 Å². The average molecular weight is 514 g/mol. The van der Waals surface area contributed by atoms with E-state index in [-0.39, 0.29) is 23.3 Å². The molecule has 7 nitrogen and oxygen atoms in total. The number of nitrogens with zero attached hydrogens (tertiary/aromatic N) is 3. The number of nitrogens with two attached hydrogens (primary N) is 1. The Bertz CT molecular complexity index is 1290. The number of ether oxygens (including phenoxy) is 1. The Morgan fingerprint density at radius 2 is 2.08 bits per heavy atom. The lowest BCUT2D eigenvalue weighted by Crippen LogP contribution is -2.33. The summed E-state index contributed by atoms with van der Waals surface area (Å²) in [6.45, 7) is 8.17. The van der Waals surface area contributed by atoms with Crippen LogP contribution in [0.3, 0.4) is 0 Å². The van der Waals surface area contributed by atoms with Gasteiger partial charge in [0.1, 0.15) is 6.61 Å². The molecule has 0 unspecified atom stereocenters. The van der Waals surface area contributed by atoms with Crippen LogP contribution in [0.2, 0.25) is 0 Å². The molecule has 38 heavy (non-hydrogen) atoms. The molecule has 1 aliphatic heterocycles. The molecule has 0 saturated carbocycles. The van der Waals surface area contributed by atoms with Crippen LogP contribution in [0, 0.1) is 5.41 Å². The van der Waals surface area contributed by atoms with Crippen molar-refractivity contribution >= 4 is 17.6 Å². The maximum absolute atomic E-state index is 13.4. The molecule has 0 spiro atoms. The molecule has 2 aliphatic rings. The van der Waals surface area contributed by atoms with Crippen LogP contribution in [0.1, 0.15) is 80.9 Å². The van der Waals surface area contributed by atoms with Gasteiger partial charge in [-0.2, -0.15) is 0 Å². The van der Waals surface area contributed by atoms with E-state index in [2.05, 4.69) is 42.0 Å². The fourth-order valence-corrected chi connectivity index (χ4v) is 5.09. The maximum Gasteiger partial charge on any atom is 0.253 e. The summed E-state index contributed by atoms with van der Waals surface area (Å²) in [5.41, 5.74) is 13.3. The first-order valence-corrected chi connectivity index (χ1v) is 13.7. The summed E-state index contributed by atoms with van der Waals surface area (Å²) < 4.78 is 5.72. The van der Waals surface area contributed by atoms with Gasteiger partial charge in [-0.3, -0.25) is 10.2 Å². The molecule has 200 valence electrons. The minimum Gasteiger partial charge on any atom is -0.472 e. The molecule has 0 fully saturated rings. The first kappa shape index (κ1) is 27.3. The van der Waals surface area contributed by atoms with E-state index in [4.69, 9.17) is 15.9 Å². The Morgan fingerprint density at radius 3 is 2.82 bits per heavy atom. The lowest BCUT2D eigenvalue weighted by Gasteiger charge is -2.25. The van der Waals surface area contributed by atoms with Gasteiger partial charge in [-0.1, -0.05) is 50.1 Å². The van der Waals surface area contributed by atoms with Crippen molar-refractivity contribution in [3.8, 4) is 11.3 Å². The molecule has 2 heterocycles. The summed E-state index contributed by atoms with van der Waals surface area (Å²) >= 11 is 0. The summed E-state index contributed by atoms with van der Waals surface area (Å²) in [7, 11) is 0. The Morgan fingerprint density at radius 1 is 1.24 bits per heavy atom. The zero-order chi connectivity index (χ0) is 27.1. The van der Waals surface area contributed by atoms with Crippen LogP contribution in [-0.2, 0) is 11.2 Å². The van der Waals surface area contributed by atoms with Crippen molar-refractivity contribution in [2.24, 2.45) is 0 Å². The Kier molecular flexibility index (Phi) is 9.10. The number of amides is 1. The fourth-order valence-electron chi connectivity index (χ4n) is 5.09. The number of rotatable bonds is 8. The number of nitrogens with one attached hydrogen (secondary N) is 1. The monoisotopic (exact) mass is 513 g/mol. The molecule has 0 bridgehead atoms. The van der Waals surface area contributed by atoms with Crippen LogP contribution in [0.4, 0.5) is 5.82 Å². The minimum absolute atomic E-state index is 0.0730. The van der Waals surface area contributed by atoms with E-state index in [1.54, 1.807) is 6.20 Å². The van der Waals surface area contributed by atoms with Crippen LogP contribution in [0.15, 0.2) is 59.3 Å². The van der Waals surface area contributed by atoms with Crippen LogP contribution in [-0.4, -0.2) is 46.4 Å². The van der Waals surface area contributed by atoms with E-state index < -0.39 is 0 Å². The zero-order valence-corrected chi connectivity index (χ0v) is 22.8. The molecule has 1 aliphatic carbocycles. The van der Waals surface area contributed by atoms with Crippen LogP contribution in [0.5, 0.6) is 0 Å². The molecule has 2 aromatic rings. The number of allylic oxidation sites excluding steroid dienone is 4. The highest BCUT2D eigenvalue weighted by atomic mass is 16.5. The number of benzene rings is 1. The second-order valence-electron chi connectivity index (χ2n) is 10.0. The summed E-state index contributed by atoms with van der Waals surface area (Å²) in [6.07, 6.45) is 15.0. The van der Waals surface area contributed by atoms with Crippen molar-refractivity contribution in [1.82, 2.24) is 14.9 Å². The van der Waals surface area contributed by atoms with E-state index >= 15 is 0 Å². The van der Waals surface area contributed by atoms with Crippen molar-refractivity contribution in [3.63, 3.8) is 0 Å². The van der Waals surface area contributed by atoms with Crippen molar-refractivity contribution in [3.05, 3.63) is 76.2 Å². The zero-order valence-electron chi connectivity index (χ0n) is 22.8. The lowest BCUT2D eigenvalue weighted by molar-refractivity contribution is 0.0754. The summed E-state index contributed by atoms with van der Waals surface area (Å²) in [6, 6.07) is 5.77. The lowest BCUT2D eigenvalue weighted by atomic mass is 9.98. The quantitative estimate of drug-likeness (QED) is 0.246. The van der Waals surface area contributed by atoms with Crippen molar-refractivity contribution in [1.29, 1.82) is 5.41 Å². The van der Waals surface area contributed by atoms with Gasteiger partial charge in [0.15, 0.2) is 11.5 Å². The van der Waals surface area contributed by atoms with Gasteiger partial charge in [0.05, 0.1) is 11.9 Å². The molecule has 0 atom stereocenters. The average Bonchev–Trinajstić information content (AvgIpc) is 3.32. The standard InChI is InChI=1S/C31H39N5O2/c1-4-9-22-11-7-16-36(17-8-12-22)31(37)24-14-15-26(23(5-2)18-24)27-19-34-29(32)28(35-27)30(33)38-20-25-13-6-10-21(25)3/h6,10-11,14-15,18-19,33H,4-5,7-9,12-13,16-17,20H2,1-3H3,(H2,32,34). The molecule has 1 aromatic carbocycles. The second kappa shape index (κ2) is 12.7. The normalized spacial score (nSPS) is 15.8. The second-order valence-corrected chi connectivity index (χ2v) is 10.0. The van der Waals surface area contributed by atoms with E-state index in [9.17, 15) is 4.79 Å². The maximum atomic E-state index is 13.4. The number of carbonyl (C=O) groups is 1. The van der Waals surface area contributed by atoms with E-state index in [0.29, 0.717) is 17.9 Å². The number of hydrogen-bond donors (Lipinski definition) is 2. The van der Waals surface area contributed by atoms with E-state index in [0.717, 1.165) is 68.3 Å². The largest absolute Gasteiger partial charge is 0.472 e. The van der Waals surface area contributed by atoms with Gasteiger partial charge in [-0.15, -0.1) is 0 Å². The van der Waals surface area contributed by atoms with Gasteiger partial charge < -0.3 is 15.4 Å². The van der Waals surface area contributed by atoms with Gasteiger partial charge in [0.25, 0.3) is 5.91 Å². The predicted octanol–water partition coefficient (Wildman–Crippen LogP) is 6.26. The molecule has 1 aromatic heterocycles. The summed E-state index contributed by atoms with van der Waals surface area (Å²) in [4.78, 5) is 24.3. The molecule has 0 radical (unpaired) electrons. The smallest absolute Gasteiger partial charge is 0.253 e. The van der Waals surface area contributed by atoms with Crippen LogP contribution in [0.25, 0.3) is 11.3 Å². The first-order valence-electron chi connectivity index (χ1n) is 13.7. The Labute approximate surface area is 226 Å². The number of nitrogen functional groups attached to an aromatic ring is 1. The highest BCUT2D eigenvalue weighted by molar-refractivity contribution is 5.96. The topological polar surface area (TPSA) is 105 Å². The molecule has 0 saturated heterocycles. The highest BCUT2D eigenvalue weighted by Gasteiger charge is 2.20. The summed E-state index contributed by atoms with van der Waals surface area (Å²) in [5.74, 6) is 0.137. The Hall–Kier alpha value is -3.74. The van der Waals surface area contributed by atoms with Gasteiger partial charge >= 0.3 is 0 Å². The molecule has 1 amide bonds. The SMILES string of the molecule is CCCC1=CCCN(C(=O)c2ccc(-c3cnc(N)c(C(=N)OCC4=C(C)C=CC4)n3)c(CC)c2)CCC1. The highest BCUT2D eigenvalue weighted by Crippen LogP contribution is 2.27. The number of aromatic nitrogens is 2. The van der Waals surface area contributed by atoms with Gasteiger partial charge in [0.2, 0.25) is 5.90 Å². The Balaban J connectivity index is 1.51.